The van der Waals surface area contributed by atoms with Crippen LogP contribution in [0.1, 0.15) is 61.9 Å². The van der Waals surface area contributed by atoms with Crippen molar-refractivity contribution in [2.75, 3.05) is 13.1 Å². The highest BCUT2D eigenvalue weighted by molar-refractivity contribution is 5.39. The van der Waals surface area contributed by atoms with E-state index in [0.29, 0.717) is 11.3 Å². The van der Waals surface area contributed by atoms with Crippen molar-refractivity contribution in [1.82, 2.24) is 15.1 Å². The van der Waals surface area contributed by atoms with Crippen molar-refractivity contribution >= 4 is 0 Å². The predicted octanol–water partition coefficient (Wildman–Crippen LogP) is 3.67. The van der Waals surface area contributed by atoms with Crippen LogP contribution in [-0.2, 0) is 18.4 Å². The van der Waals surface area contributed by atoms with Crippen LogP contribution in [0.25, 0.3) is 0 Å². The molecule has 1 spiro atoms. The van der Waals surface area contributed by atoms with Gasteiger partial charge in [0.05, 0.1) is 6.54 Å². The molecule has 1 fully saturated rings. The number of rotatable bonds is 3. The SMILES string of the molecule is CC(C)c1nnc(CN2CCC3(CCc4ccccc43)CC2)o1. The largest absolute Gasteiger partial charge is 0.424 e. The van der Waals surface area contributed by atoms with Crippen LogP contribution < -0.4 is 0 Å². The summed E-state index contributed by atoms with van der Waals surface area (Å²) in [4.78, 5) is 2.46. The van der Waals surface area contributed by atoms with E-state index in [1.165, 1.54) is 25.7 Å². The molecule has 0 saturated carbocycles. The van der Waals surface area contributed by atoms with Gasteiger partial charge in [0.25, 0.3) is 0 Å². The zero-order valence-electron chi connectivity index (χ0n) is 14.1. The van der Waals surface area contributed by atoms with E-state index in [0.717, 1.165) is 31.4 Å². The van der Waals surface area contributed by atoms with Crippen LogP contribution in [0, 0.1) is 0 Å². The Labute approximate surface area is 137 Å². The van der Waals surface area contributed by atoms with E-state index in [4.69, 9.17) is 4.42 Å². The Morgan fingerprint density at radius 1 is 1.13 bits per heavy atom. The number of hydrogen-bond acceptors (Lipinski definition) is 4. The second-order valence-corrected chi connectivity index (χ2v) is 7.40. The average Bonchev–Trinajstić information content (AvgIpc) is 3.16. The number of hydrogen-bond donors (Lipinski definition) is 0. The van der Waals surface area contributed by atoms with Crippen LogP contribution in [0.4, 0.5) is 0 Å². The standard InChI is InChI=1S/C19H25N3O/c1-14(2)18-21-20-17(23-18)13-22-11-9-19(10-12-22)8-7-15-5-3-4-6-16(15)19/h3-6,14H,7-13H2,1-2H3. The molecular weight excluding hydrogens is 286 g/mol. The third-order valence-corrected chi connectivity index (χ3v) is 5.61. The van der Waals surface area contributed by atoms with Crippen LogP contribution in [0.5, 0.6) is 0 Å². The van der Waals surface area contributed by atoms with Crippen molar-refractivity contribution in [2.24, 2.45) is 0 Å². The molecule has 0 bridgehead atoms. The first-order valence-electron chi connectivity index (χ1n) is 8.79. The number of benzene rings is 1. The third-order valence-electron chi connectivity index (χ3n) is 5.61. The molecule has 0 N–H and O–H groups in total. The zero-order chi connectivity index (χ0) is 15.9. The highest BCUT2D eigenvalue weighted by Gasteiger charge is 2.40. The Hall–Kier alpha value is -1.68. The summed E-state index contributed by atoms with van der Waals surface area (Å²) >= 11 is 0. The molecule has 122 valence electrons. The van der Waals surface area contributed by atoms with Crippen molar-refractivity contribution in [3.05, 3.63) is 47.2 Å². The molecule has 1 aromatic carbocycles. The molecule has 4 heteroatoms. The molecule has 0 atom stereocenters. The van der Waals surface area contributed by atoms with Crippen molar-refractivity contribution in [3.8, 4) is 0 Å². The Morgan fingerprint density at radius 2 is 1.91 bits per heavy atom. The van der Waals surface area contributed by atoms with Crippen LogP contribution in [0.15, 0.2) is 28.7 Å². The van der Waals surface area contributed by atoms with Gasteiger partial charge in [0.1, 0.15) is 0 Å². The normalized spacial score (nSPS) is 20.3. The fourth-order valence-corrected chi connectivity index (χ4v) is 4.18. The number of aromatic nitrogens is 2. The second kappa shape index (κ2) is 5.75. The summed E-state index contributed by atoms with van der Waals surface area (Å²) in [5.41, 5.74) is 3.60. The first-order valence-corrected chi connectivity index (χ1v) is 8.79. The molecule has 1 aliphatic carbocycles. The summed E-state index contributed by atoms with van der Waals surface area (Å²) in [7, 11) is 0. The molecular formula is C19H25N3O. The fourth-order valence-electron chi connectivity index (χ4n) is 4.18. The van der Waals surface area contributed by atoms with Gasteiger partial charge in [-0.2, -0.15) is 0 Å². The van der Waals surface area contributed by atoms with Gasteiger partial charge < -0.3 is 4.42 Å². The molecule has 0 amide bonds. The van der Waals surface area contributed by atoms with E-state index in [9.17, 15) is 0 Å². The van der Waals surface area contributed by atoms with E-state index in [2.05, 4.69) is 53.2 Å². The Bertz CT molecular complexity index is 683. The van der Waals surface area contributed by atoms with Crippen LogP contribution >= 0.6 is 0 Å². The van der Waals surface area contributed by atoms with Crippen LogP contribution in [0.3, 0.4) is 0 Å². The molecule has 23 heavy (non-hydrogen) atoms. The number of fused-ring (bicyclic) bond motifs is 2. The summed E-state index contributed by atoms with van der Waals surface area (Å²) in [6.07, 6.45) is 5.06. The Morgan fingerprint density at radius 3 is 2.65 bits per heavy atom. The molecule has 2 aromatic rings. The van der Waals surface area contributed by atoms with Crippen molar-refractivity contribution in [3.63, 3.8) is 0 Å². The Kier molecular flexibility index (Phi) is 3.72. The third kappa shape index (κ3) is 2.69. The summed E-state index contributed by atoms with van der Waals surface area (Å²) in [6.45, 7) is 7.19. The summed E-state index contributed by atoms with van der Waals surface area (Å²) in [6, 6.07) is 9.03. The monoisotopic (exact) mass is 311 g/mol. The summed E-state index contributed by atoms with van der Waals surface area (Å²) in [5, 5.41) is 8.34. The van der Waals surface area contributed by atoms with Gasteiger partial charge in [0.2, 0.25) is 11.8 Å². The maximum Gasteiger partial charge on any atom is 0.230 e. The maximum absolute atomic E-state index is 5.76. The molecule has 1 saturated heterocycles. The smallest absolute Gasteiger partial charge is 0.230 e. The predicted molar refractivity (Wildman–Crippen MR) is 89.3 cm³/mol. The van der Waals surface area contributed by atoms with E-state index in [1.54, 1.807) is 11.1 Å². The van der Waals surface area contributed by atoms with E-state index < -0.39 is 0 Å². The molecule has 0 radical (unpaired) electrons. The lowest BCUT2D eigenvalue weighted by molar-refractivity contribution is 0.141. The van der Waals surface area contributed by atoms with E-state index in [-0.39, 0.29) is 0 Å². The second-order valence-electron chi connectivity index (χ2n) is 7.40. The van der Waals surface area contributed by atoms with E-state index in [1.807, 2.05) is 0 Å². The van der Waals surface area contributed by atoms with Gasteiger partial charge in [0.15, 0.2) is 0 Å². The lowest BCUT2D eigenvalue weighted by Gasteiger charge is -2.39. The van der Waals surface area contributed by atoms with Gasteiger partial charge in [-0.25, -0.2) is 0 Å². The quantitative estimate of drug-likeness (QED) is 0.867. The van der Waals surface area contributed by atoms with Crippen LogP contribution in [-0.4, -0.2) is 28.2 Å². The number of likely N-dealkylation sites (tertiary alicyclic amines) is 1. The van der Waals surface area contributed by atoms with Gasteiger partial charge >= 0.3 is 0 Å². The first kappa shape index (κ1) is 14.9. The molecule has 0 unspecified atom stereocenters. The lowest BCUT2D eigenvalue weighted by Crippen LogP contribution is -2.41. The number of piperidine rings is 1. The van der Waals surface area contributed by atoms with Gasteiger partial charge in [-0.3, -0.25) is 4.90 Å². The highest BCUT2D eigenvalue weighted by atomic mass is 16.4. The van der Waals surface area contributed by atoms with Crippen LogP contribution in [0.2, 0.25) is 0 Å². The zero-order valence-corrected chi connectivity index (χ0v) is 14.1. The van der Waals surface area contributed by atoms with Gasteiger partial charge in [0, 0.05) is 5.92 Å². The van der Waals surface area contributed by atoms with Crippen molar-refractivity contribution in [2.45, 2.75) is 57.4 Å². The maximum atomic E-state index is 5.76. The molecule has 2 aliphatic rings. The molecule has 4 rings (SSSR count). The topological polar surface area (TPSA) is 42.2 Å². The van der Waals surface area contributed by atoms with Gasteiger partial charge in [-0.15, -0.1) is 10.2 Å². The van der Waals surface area contributed by atoms with Gasteiger partial charge in [-0.05, 0) is 55.3 Å². The van der Waals surface area contributed by atoms with Crippen molar-refractivity contribution < 1.29 is 4.42 Å². The highest BCUT2D eigenvalue weighted by Crippen LogP contribution is 2.46. The minimum absolute atomic E-state index is 0.302. The number of nitrogens with zero attached hydrogens (tertiary/aromatic N) is 3. The minimum Gasteiger partial charge on any atom is -0.424 e. The number of aryl methyl sites for hydroxylation is 1. The fraction of sp³-hybridized carbons (Fsp3) is 0.579. The summed E-state index contributed by atoms with van der Waals surface area (Å²) in [5.74, 6) is 1.81. The Balaban J connectivity index is 1.41. The summed E-state index contributed by atoms with van der Waals surface area (Å²) < 4.78 is 5.76. The molecule has 2 heterocycles. The minimum atomic E-state index is 0.302. The molecule has 4 nitrogen and oxygen atoms in total. The first-order chi connectivity index (χ1) is 11.2. The van der Waals surface area contributed by atoms with E-state index >= 15 is 0 Å². The van der Waals surface area contributed by atoms with Crippen molar-refractivity contribution in [1.29, 1.82) is 0 Å². The van der Waals surface area contributed by atoms with Gasteiger partial charge in [-0.1, -0.05) is 38.1 Å². The average molecular weight is 311 g/mol. The molecule has 1 aromatic heterocycles. The lowest BCUT2D eigenvalue weighted by atomic mass is 9.74. The molecule has 1 aliphatic heterocycles.